The summed E-state index contributed by atoms with van der Waals surface area (Å²) in [6, 6.07) is 13.5. The van der Waals surface area contributed by atoms with Gasteiger partial charge in [0.25, 0.3) is 5.95 Å². The molecule has 10 heteroatoms. The monoisotopic (exact) mass is 390 g/mol. The van der Waals surface area contributed by atoms with Gasteiger partial charge >= 0.3 is 6.01 Å². The summed E-state index contributed by atoms with van der Waals surface area (Å²) in [5, 5.41) is 14.5. The standard InChI is InChI=1S/C19H18N8O2/c1-26-18(23-24-25-26)27-15-7-3-2-6-14(15)21-19(27)29-11-13-5-4-8-16(20-13)22-17(28)12-9-10-12/h2-8,12H,9-11H2,1H3,(H,20,22,28). The molecule has 5 rings (SSSR count). The van der Waals surface area contributed by atoms with E-state index in [1.807, 2.05) is 36.4 Å². The van der Waals surface area contributed by atoms with Gasteiger partial charge in [-0.1, -0.05) is 23.3 Å². The first kappa shape index (κ1) is 17.3. The molecule has 1 aliphatic carbocycles. The average Bonchev–Trinajstić information content (AvgIpc) is 3.41. The number of anilines is 1. The molecule has 29 heavy (non-hydrogen) atoms. The maximum atomic E-state index is 12.0. The molecule has 3 aromatic heterocycles. The Morgan fingerprint density at radius 1 is 1.17 bits per heavy atom. The van der Waals surface area contributed by atoms with E-state index in [9.17, 15) is 4.79 Å². The van der Waals surface area contributed by atoms with Gasteiger partial charge in [0.05, 0.1) is 16.7 Å². The van der Waals surface area contributed by atoms with E-state index in [-0.39, 0.29) is 18.4 Å². The largest absolute Gasteiger partial charge is 0.458 e. The minimum atomic E-state index is 0.0205. The van der Waals surface area contributed by atoms with Crippen LogP contribution >= 0.6 is 0 Å². The van der Waals surface area contributed by atoms with E-state index < -0.39 is 0 Å². The second-order valence-corrected chi connectivity index (χ2v) is 6.89. The summed E-state index contributed by atoms with van der Waals surface area (Å²) in [7, 11) is 1.75. The number of nitrogens with zero attached hydrogens (tertiary/aromatic N) is 7. The van der Waals surface area contributed by atoms with Gasteiger partial charge in [0.15, 0.2) is 0 Å². The van der Waals surface area contributed by atoms with Gasteiger partial charge in [-0.2, -0.15) is 4.98 Å². The third-order valence-electron chi connectivity index (χ3n) is 4.68. The van der Waals surface area contributed by atoms with Crippen molar-refractivity contribution in [2.75, 3.05) is 5.32 Å². The second-order valence-electron chi connectivity index (χ2n) is 6.89. The lowest BCUT2D eigenvalue weighted by atomic mass is 10.3. The number of fused-ring (bicyclic) bond motifs is 1. The van der Waals surface area contributed by atoms with Crippen LogP contribution in [0.5, 0.6) is 6.01 Å². The number of imidazole rings is 1. The molecular weight excluding hydrogens is 372 g/mol. The zero-order valence-electron chi connectivity index (χ0n) is 15.7. The number of hydrogen-bond donors (Lipinski definition) is 1. The summed E-state index contributed by atoms with van der Waals surface area (Å²) in [6.45, 7) is 0.182. The van der Waals surface area contributed by atoms with Gasteiger partial charge in [0, 0.05) is 13.0 Å². The van der Waals surface area contributed by atoms with Crippen LogP contribution in [0.4, 0.5) is 5.82 Å². The van der Waals surface area contributed by atoms with Crippen molar-refractivity contribution in [1.82, 2.24) is 34.7 Å². The zero-order valence-corrected chi connectivity index (χ0v) is 15.7. The Kier molecular flexibility index (Phi) is 4.15. The molecule has 0 spiro atoms. The highest BCUT2D eigenvalue weighted by molar-refractivity contribution is 5.93. The number of aryl methyl sites for hydroxylation is 1. The van der Waals surface area contributed by atoms with E-state index in [4.69, 9.17) is 4.74 Å². The summed E-state index contributed by atoms with van der Waals surface area (Å²) < 4.78 is 9.28. The Hall–Kier alpha value is -3.82. The van der Waals surface area contributed by atoms with E-state index in [1.54, 1.807) is 22.4 Å². The topological polar surface area (TPSA) is 113 Å². The van der Waals surface area contributed by atoms with Gasteiger partial charge < -0.3 is 10.1 Å². The van der Waals surface area contributed by atoms with Crippen molar-refractivity contribution in [2.24, 2.45) is 13.0 Å². The Labute approximate surface area is 165 Å². The number of benzene rings is 1. The van der Waals surface area contributed by atoms with Gasteiger partial charge in [-0.15, -0.1) is 0 Å². The number of nitrogens with one attached hydrogen (secondary N) is 1. The number of carbonyl (C=O) groups is 1. The van der Waals surface area contributed by atoms with Crippen molar-refractivity contribution >= 4 is 22.8 Å². The fourth-order valence-electron chi connectivity index (χ4n) is 3.05. The van der Waals surface area contributed by atoms with Crippen LogP contribution in [0.3, 0.4) is 0 Å². The number of hydrogen-bond acceptors (Lipinski definition) is 7. The predicted octanol–water partition coefficient (Wildman–Crippen LogP) is 1.87. The van der Waals surface area contributed by atoms with Crippen molar-refractivity contribution in [3.63, 3.8) is 0 Å². The van der Waals surface area contributed by atoms with Gasteiger partial charge in [0.2, 0.25) is 5.91 Å². The number of tetrazole rings is 1. The molecule has 0 bridgehead atoms. The van der Waals surface area contributed by atoms with E-state index in [0.717, 1.165) is 23.9 Å². The normalized spacial score (nSPS) is 13.6. The van der Waals surface area contributed by atoms with E-state index in [1.165, 1.54) is 0 Å². The van der Waals surface area contributed by atoms with Crippen LogP contribution in [-0.4, -0.2) is 40.6 Å². The number of para-hydroxylation sites is 2. The molecule has 0 saturated heterocycles. The van der Waals surface area contributed by atoms with E-state index in [0.29, 0.717) is 23.5 Å². The quantitative estimate of drug-likeness (QED) is 0.535. The SMILES string of the molecule is Cn1nnnc1-n1c(OCc2cccc(NC(=O)C3CC3)n2)nc2ccccc21. The summed E-state index contributed by atoms with van der Waals surface area (Å²) in [4.78, 5) is 21.0. The molecule has 4 aromatic rings. The van der Waals surface area contributed by atoms with E-state index in [2.05, 4.69) is 30.8 Å². The number of carbonyl (C=O) groups excluding carboxylic acids is 1. The minimum Gasteiger partial charge on any atom is -0.458 e. The number of ether oxygens (including phenoxy) is 1. The Bertz CT molecular complexity index is 1190. The summed E-state index contributed by atoms with van der Waals surface area (Å²) in [5.41, 5.74) is 2.27. The minimum absolute atomic E-state index is 0.0205. The first-order valence-corrected chi connectivity index (χ1v) is 9.29. The predicted molar refractivity (Wildman–Crippen MR) is 103 cm³/mol. The third kappa shape index (κ3) is 3.40. The molecule has 1 aromatic carbocycles. The molecular formula is C19H18N8O2. The number of amides is 1. The molecule has 3 heterocycles. The molecule has 1 N–H and O–H groups in total. The van der Waals surface area contributed by atoms with Crippen LogP contribution in [0.15, 0.2) is 42.5 Å². The van der Waals surface area contributed by atoms with Crippen LogP contribution in [-0.2, 0) is 18.4 Å². The maximum absolute atomic E-state index is 12.0. The number of rotatable bonds is 6. The van der Waals surface area contributed by atoms with Crippen LogP contribution in [0.1, 0.15) is 18.5 Å². The van der Waals surface area contributed by atoms with E-state index >= 15 is 0 Å². The van der Waals surface area contributed by atoms with Crippen LogP contribution < -0.4 is 10.1 Å². The van der Waals surface area contributed by atoms with Crippen molar-refractivity contribution in [3.05, 3.63) is 48.2 Å². The lowest BCUT2D eigenvalue weighted by Crippen LogP contribution is -2.15. The molecule has 0 unspecified atom stereocenters. The van der Waals surface area contributed by atoms with Gasteiger partial charge in [-0.05, 0) is 47.5 Å². The Morgan fingerprint density at radius 3 is 2.83 bits per heavy atom. The van der Waals surface area contributed by atoms with Crippen molar-refractivity contribution in [2.45, 2.75) is 19.4 Å². The fraction of sp³-hybridized carbons (Fsp3) is 0.263. The van der Waals surface area contributed by atoms with Gasteiger partial charge in [-0.25, -0.2) is 14.2 Å². The molecule has 1 amide bonds. The average molecular weight is 390 g/mol. The summed E-state index contributed by atoms with van der Waals surface area (Å²) >= 11 is 0. The molecule has 0 aliphatic heterocycles. The molecule has 10 nitrogen and oxygen atoms in total. The number of aromatic nitrogens is 7. The maximum Gasteiger partial charge on any atom is 0.305 e. The summed E-state index contributed by atoms with van der Waals surface area (Å²) in [6.07, 6.45) is 1.89. The fourth-order valence-corrected chi connectivity index (χ4v) is 3.05. The molecule has 0 radical (unpaired) electrons. The first-order chi connectivity index (χ1) is 14.2. The second kappa shape index (κ2) is 6.97. The van der Waals surface area contributed by atoms with Crippen LogP contribution in [0.25, 0.3) is 17.0 Å². The first-order valence-electron chi connectivity index (χ1n) is 9.29. The molecule has 146 valence electrons. The molecule has 0 atom stereocenters. The van der Waals surface area contributed by atoms with Crippen LogP contribution in [0.2, 0.25) is 0 Å². The lowest BCUT2D eigenvalue weighted by Gasteiger charge is -2.09. The Morgan fingerprint density at radius 2 is 2.03 bits per heavy atom. The van der Waals surface area contributed by atoms with Crippen molar-refractivity contribution in [3.8, 4) is 12.0 Å². The smallest absolute Gasteiger partial charge is 0.305 e. The van der Waals surface area contributed by atoms with Gasteiger partial charge in [-0.3, -0.25) is 4.79 Å². The highest BCUT2D eigenvalue weighted by Crippen LogP contribution is 2.30. The highest BCUT2D eigenvalue weighted by Gasteiger charge is 2.29. The lowest BCUT2D eigenvalue weighted by molar-refractivity contribution is -0.117. The molecule has 1 aliphatic rings. The molecule has 1 saturated carbocycles. The number of pyridine rings is 1. The van der Waals surface area contributed by atoms with Gasteiger partial charge in [0.1, 0.15) is 12.4 Å². The summed E-state index contributed by atoms with van der Waals surface area (Å²) in [5.74, 6) is 1.16. The van der Waals surface area contributed by atoms with Crippen molar-refractivity contribution < 1.29 is 9.53 Å². The van der Waals surface area contributed by atoms with Crippen LogP contribution in [0, 0.1) is 5.92 Å². The Balaban J connectivity index is 1.41. The highest BCUT2D eigenvalue weighted by atomic mass is 16.5. The zero-order chi connectivity index (χ0) is 19.8. The van der Waals surface area contributed by atoms with Crippen molar-refractivity contribution in [1.29, 1.82) is 0 Å². The molecule has 1 fully saturated rings. The third-order valence-corrected chi connectivity index (χ3v) is 4.68.